The highest BCUT2D eigenvalue weighted by Gasteiger charge is 2.50. The van der Waals surface area contributed by atoms with E-state index in [1.54, 1.807) is 38.1 Å². The van der Waals surface area contributed by atoms with Gasteiger partial charge < -0.3 is 20.5 Å². The van der Waals surface area contributed by atoms with Crippen molar-refractivity contribution in [2.75, 3.05) is 13.2 Å². The molecule has 0 radical (unpaired) electrons. The Bertz CT molecular complexity index is 582. The third kappa shape index (κ3) is 4.55. The van der Waals surface area contributed by atoms with Crippen molar-refractivity contribution in [2.24, 2.45) is 5.73 Å². The first kappa shape index (κ1) is 19.6. The van der Waals surface area contributed by atoms with Crippen LogP contribution < -0.4 is 11.1 Å². The van der Waals surface area contributed by atoms with Gasteiger partial charge >= 0.3 is 11.9 Å². The number of amides is 1. The van der Waals surface area contributed by atoms with E-state index in [9.17, 15) is 14.4 Å². The zero-order valence-electron chi connectivity index (χ0n) is 14.3. The van der Waals surface area contributed by atoms with Gasteiger partial charge in [0, 0.05) is 19.9 Å². The number of ether oxygens (including phenoxy) is 2. The van der Waals surface area contributed by atoms with Crippen LogP contribution in [0.3, 0.4) is 0 Å². The smallest absolute Gasteiger partial charge is 0.344 e. The average molecular weight is 336 g/mol. The van der Waals surface area contributed by atoms with Gasteiger partial charge in [0.1, 0.15) is 0 Å². The summed E-state index contributed by atoms with van der Waals surface area (Å²) in [6, 6.07) is 7.12. The maximum Gasteiger partial charge on any atom is 0.344 e. The van der Waals surface area contributed by atoms with Crippen LogP contribution in [0.4, 0.5) is 0 Å². The molecule has 0 aromatic heterocycles. The van der Waals surface area contributed by atoms with Gasteiger partial charge in [0.25, 0.3) is 0 Å². The van der Waals surface area contributed by atoms with E-state index in [4.69, 9.17) is 15.2 Å². The summed E-state index contributed by atoms with van der Waals surface area (Å²) in [4.78, 5) is 36.8. The van der Waals surface area contributed by atoms with Gasteiger partial charge in [-0.1, -0.05) is 24.3 Å². The maximum absolute atomic E-state index is 12.6. The molecule has 0 spiro atoms. The van der Waals surface area contributed by atoms with Crippen molar-refractivity contribution in [2.45, 2.75) is 39.3 Å². The van der Waals surface area contributed by atoms with E-state index in [1.807, 2.05) is 0 Å². The second kappa shape index (κ2) is 9.02. The molecule has 7 nitrogen and oxygen atoms in total. The fourth-order valence-electron chi connectivity index (χ4n) is 2.40. The van der Waals surface area contributed by atoms with Crippen LogP contribution in [-0.4, -0.2) is 36.6 Å². The first-order valence-electron chi connectivity index (χ1n) is 7.81. The minimum absolute atomic E-state index is 0.0676. The molecule has 1 rings (SSSR count). The number of carbonyl (C=O) groups excluding carboxylic acids is 3. The van der Waals surface area contributed by atoms with Crippen molar-refractivity contribution in [3.63, 3.8) is 0 Å². The molecule has 3 N–H and O–H groups in total. The standard InChI is InChI=1S/C17H24N2O5/c1-4-23-15(21)17(19-12(3)20,16(22)24-5-2)10-13-8-6-7-9-14(13)11-18/h6-9H,4-5,10-11,18H2,1-3H3,(H,19,20). The first-order valence-corrected chi connectivity index (χ1v) is 7.81. The normalized spacial score (nSPS) is 10.8. The fourth-order valence-corrected chi connectivity index (χ4v) is 2.40. The van der Waals surface area contributed by atoms with Gasteiger partial charge in [-0.2, -0.15) is 0 Å². The van der Waals surface area contributed by atoms with Gasteiger partial charge in [-0.3, -0.25) is 4.79 Å². The second-order valence-electron chi connectivity index (χ2n) is 5.18. The molecule has 0 atom stereocenters. The number of hydrogen-bond acceptors (Lipinski definition) is 6. The van der Waals surface area contributed by atoms with E-state index in [-0.39, 0.29) is 26.2 Å². The summed E-state index contributed by atoms with van der Waals surface area (Å²) in [6.45, 7) is 4.83. The number of carbonyl (C=O) groups is 3. The van der Waals surface area contributed by atoms with Gasteiger partial charge in [-0.25, -0.2) is 9.59 Å². The van der Waals surface area contributed by atoms with E-state index in [0.717, 1.165) is 5.56 Å². The topological polar surface area (TPSA) is 108 Å². The lowest BCUT2D eigenvalue weighted by atomic mass is 9.88. The van der Waals surface area contributed by atoms with E-state index in [2.05, 4.69) is 5.32 Å². The lowest BCUT2D eigenvalue weighted by Gasteiger charge is -2.30. The predicted molar refractivity (Wildman–Crippen MR) is 87.9 cm³/mol. The molecule has 24 heavy (non-hydrogen) atoms. The molecule has 7 heteroatoms. The Kier molecular flexibility index (Phi) is 7.38. The number of nitrogens with two attached hydrogens (primary N) is 1. The molecule has 0 aliphatic rings. The van der Waals surface area contributed by atoms with Crippen LogP contribution in [0.25, 0.3) is 0 Å². The SMILES string of the molecule is CCOC(=O)C(Cc1ccccc1CN)(NC(C)=O)C(=O)OCC. The van der Waals surface area contributed by atoms with Crippen LogP contribution in [-0.2, 0) is 36.8 Å². The van der Waals surface area contributed by atoms with Gasteiger partial charge in [0.05, 0.1) is 13.2 Å². The summed E-state index contributed by atoms with van der Waals surface area (Å²) >= 11 is 0. The molecule has 0 saturated carbocycles. The lowest BCUT2D eigenvalue weighted by molar-refractivity contribution is -0.168. The molecule has 1 aromatic rings. The van der Waals surface area contributed by atoms with Crippen LogP contribution in [0.5, 0.6) is 0 Å². The Morgan fingerprint density at radius 1 is 1.04 bits per heavy atom. The molecule has 0 saturated heterocycles. The lowest BCUT2D eigenvalue weighted by Crippen LogP contribution is -2.62. The molecule has 0 aliphatic heterocycles. The monoisotopic (exact) mass is 336 g/mol. The number of benzene rings is 1. The van der Waals surface area contributed by atoms with Gasteiger partial charge in [0.15, 0.2) is 0 Å². The zero-order valence-corrected chi connectivity index (χ0v) is 14.3. The van der Waals surface area contributed by atoms with Crippen LogP contribution in [0, 0.1) is 0 Å². The number of nitrogens with one attached hydrogen (secondary N) is 1. The van der Waals surface area contributed by atoms with Crippen LogP contribution in [0.1, 0.15) is 31.9 Å². The highest BCUT2D eigenvalue weighted by Crippen LogP contribution is 2.21. The zero-order chi connectivity index (χ0) is 18.2. The van der Waals surface area contributed by atoms with Crippen LogP contribution in [0.2, 0.25) is 0 Å². The summed E-state index contributed by atoms with van der Waals surface area (Å²) < 4.78 is 10.1. The number of hydrogen-bond donors (Lipinski definition) is 2. The summed E-state index contributed by atoms with van der Waals surface area (Å²) in [6.07, 6.45) is -0.0996. The average Bonchev–Trinajstić information content (AvgIpc) is 2.54. The summed E-state index contributed by atoms with van der Waals surface area (Å²) in [7, 11) is 0. The molecular formula is C17H24N2O5. The van der Waals surface area contributed by atoms with Gasteiger partial charge in [0.2, 0.25) is 11.4 Å². The minimum atomic E-state index is -1.94. The molecule has 1 aromatic carbocycles. The van der Waals surface area contributed by atoms with Crippen molar-refractivity contribution in [3.05, 3.63) is 35.4 Å². The van der Waals surface area contributed by atoms with Crippen molar-refractivity contribution in [3.8, 4) is 0 Å². The first-order chi connectivity index (χ1) is 11.4. The second-order valence-corrected chi connectivity index (χ2v) is 5.18. The minimum Gasteiger partial charge on any atom is -0.464 e. The predicted octanol–water partition coefficient (Wildman–Crippen LogP) is 0.689. The quantitative estimate of drug-likeness (QED) is 0.534. The summed E-state index contributed by atoms with van der Waals surface area (Å²) in [5.74, 6) is -2.25. The third-order valence-electron chi connectivity index (χ3n) is 3.43. The molecule has 1 amide bonds. The molecule has 0 fully saturated rings. The highest BCUT2D eigenvalue weighted by molar-refractivity contribution is 6.08. The van der Waals surface area contributed by atoms with Gasteiger partial charge in [-0.15, -0.1) is 0 Å². The third-order valence-corrected chi connectivity index (χ3v) is 3.43. The Morgan fingerprint density at radius 3 is 1.96 bits per heavy atom. The van der Waals surface area contributed by atoms with Crippen molar-refractivity contribution in [1.29, 1.82) is 0 Å². The molecule has 132 valence electrons. The molecular weight excluding hydrogens is 312 g/mol. The Hall–Kier alpha value is -2.41. The van der Waals surface area contributed by atoms with E-state index in [1.165, 1.54) is 6.92 Å². The largest absolute Gasteiger partial charge is 0.464 e. The van der Waals surface area contributed by atoms with E-state index in [0.29, 0.717) is 5.56 Å². The van der Waals surface area contributed by atoms with Crippen molar-refractivity contribution >= 4 is 17.8 Å². The van der Waals surface area contributed by atoms with Gasteiger partial charge in [-0.05, 0) is 25.0 Å². The highest BCUT2D eigenvalue weighted by atomic mass is 16.6. The van der Waals surface area contributed by atoms with Crippen molar-refractivity contribution in [1.82, 2.24) is 5.32 Å². The fraction of sp³-hybridized carbons (Fsp3) is 0.471. The summed E-state index contributed by atoms with van der Waals surface area (Å²) in [5.41, 5.74) is 5.21. The maximum atomic E-state index is 12.6. The Morgan fingerprint density at radius 2 is 1.54 bits per heavy atom. The van der Waals surface area contributed by atoms with Crippen LogP contribution >= 0.6 is 0 Å². The van der Waals surface area contributed by atoms with E-state index >= 15 is 0 Å². The number of esters is 2. The Balaban J connectivity index is 3.39. The summed E-state index contributed by atoms with van der Waals surface area (Å²) in [5, 5.41) is 2.43. The molecule has 0 heterocycles. The van der Waals surface area contributed by atoms with Crippen LogP contribution in [0.15, 0.2) is 24.3 Å². The Labute approximate surface area is 141 Å². The number of rotatable bonds is 8. The molecule has 0 aliphatic carbocycles. The molecule has 0 bridgehead atoms. The van der Waals surface area contributed by atoms with Crippen molar-refractivity contribution < 1.29 is 23.9 Å². The van der Waals surface area contributed by atoms with E-state index < -0.39 is 23.4 Å². The molecule has 0 unspecified atom stereocenters.